The van der Waals surface area contributed by atoms with Gasteiger partial charge in [-0.1, -0.05) is 12.1 Å². The Labute approximate surface area is 119 Å². The summed E-state index contributed by atoms with van der Waals surface area (Å²) >= 11 is 0. The van der Waals surface area contributed by atoms with Crippen molar-refractivity contribution in [1.82, 2.24) is 14.3 Å². The number of rotatable bonds is 3. The molecule has 0 fully saturated rings. The van der Waals surface area contributed by atoms with Gasteiger partial charge in [-0.15, -0.1) is 0 Å². The summed E-state index contributed by atoms with van der Waals surface area (Å²) in [6.07, 6.45) is 3.46. The quantitative estimate of drug-likeness (QED) is 0.943. The first-order valence-electron chi connectivity index (χ1n) is 6.30. The fourth-order valence-corrected chi connectivity index (χ4v) is 3.32. The van der Waals surface area contributed by atoms with Crippen LogP contribution in [0.5, 0.6) is 0 Å². The zero-order valence-electron chi connectivity index (χ0n) is 12.1. The predicted octanol–water partition coefficient (Wildman–Crippen LogP) is 2.16. The molecule has 0 atom stereocenters. The van der Waals surface area contributed by atoms with Crippen molar-refractivity contribution >= 4 is 10.0 Å². The Morgan fingerprint density at radius 2 is 1.75 bits per heavy atom. The van der Waals surface area contributed by atoms with Crippen LogP contribution in [-0.2, 0) is 17.1 Å². The molecule has 0 spiro atoms. The molecule has 6 heteroatoms. The Morgan fingerprint density at radius 3 is 2.20 bits per heavy atom. The number of hydrogen-bond acceptors (Lipinski definition) is 3. The van der Waals surface area contributed by atoms with Crippen LogP contribution >= 0.6 is 0 Å². The van der Waals surface area contributed by atoms with E-state index >= 15 is 0 Å². The highest BCUT2D eigenvalue weighted by atomic mass is 32.2. The molecule has 0 aliphatic carbocycles. The Kier molecular flexibility index (Phi) is 3.71. The van der Waals surface area contributed by atoms with Crippen molar-refractivity contribution < 1.29 is 8.42 Å². The highest BCUT2D eigenvalue weighted by Gasteiger charge is 2.21. The van der Waals surface area contributed by atoms with Crippen LogP contribution in [0.1, 0.15) is 20.8 Å². The number of aromatic nitrogens is 2. The fourth-order valence-electron chi connectivity index (χ4n) is 1.90. The molecule has 1 N–H and O–H groups in total. The number of aryl methyl sites for hydroxylation is 1. The molecule has 2 aromatic rings. The molecule has 1 aromatic carbocycles. The molecular weight excluding hydrogens is 274 g/mol. The number of nitrogens with zero attached hydrogens (tertiary/aromatic N) is 2. The zero-order chi connectivity index (χ0) is 15.0. The van der Waals surface area contributed by atoms with Crippen LogP contribution < -0.4 is 4.72 Å². The molecule has 108 valence electrons. The van der Waals surface area contributed by atoms with E-state index in [1.807, 2.05) is 32.4 Å². The van der Waals surface area contributed by atoms with Gasteiger partial charge in [0.15, 0.2) is 0 Å². The van der Waals surface area contributed by atoms with Crippen molar-refractivity contribution in [3.8, 4) is 11.3 Å². The highest BCUT2D eigenvalue weighted by Crippen LogP contribution is 2.21. The first-order valence-corrected chi connectivity index (χ1v) is 7.78. The largest absolute Gasteiger partial charge is 0.334 e. The zero-order valence-corrected chi connectivity index (χ0v) is 12.9. The molecule has 0 bridgehead atoms. The van der Waals surface area contributed by atoms with Crippen molar-refractivity contribution in [2.75, 3.05) is 0 Å². The maximum absolute atomic E-state index is 12.2. The molecule has 0 aliphatic heterocycles. The second-order valence-corrected chi connectivity index (χ2v) is 7.45. The molecule has 1 aromatic heterocycles. The van der Waals surface area contributed by atoms with Crippen LogP contribution in [0.3, 0.4) is 0 Å². The first kappa shape index (κ1) is 14.7. The number of nitrogens with one attached hydrogen (secondary N) is 1. The van der Waals surface area contributed by atoms with Gasteiger partial charge in [0.1, 0.15) is 0 Å². The molecular formula is C14H19N3O2S. The van der Waals surface area contributed by atoms with Gasteiger partial charge in [0.05, 0.1) is 23.1 Å². The summed E-state index contributed by atoms with van der Waals surface area (Å²) in [5.74, 6) is 0. The minimum absolute atomic E-state index is 0.262. The minimum Gasteiger partial charge on any atom is -0.334 e. The minimum atomic E-state index is -3.49. The smallest absolute Gasteiger partial charge is 0.241 e. The van der Waals surface area contributed by atoms with Gasteiger partial charge in [-0.05, 0) is 38.5 Å². The van der Waals surface area contributed by atoms with Gasteiger partial charge in [0.25, 0.3) is 0 Å². The van der Waals surface area contributed by atoms with Crippen LogP contribution in [0, 0.1) is 0 Å². The van der Waals surface area contributed by atoms with Crippen molar-refractivity contribution in [1.29, 1.82) is 0 Å². The van der Waals surface area contributed by atoms with E-state index in [9.17, 15) is 8.42 Å². The van der Waals surface area contributed by atoms with E-state index in [4.69, 9.17) is 0 Å². The molecule has 20 heavy (non-hydrogen) atoms. The molecule has 1 heterocycles. The third-order valence-corrected chi connectivity index (χ3v) is 4.49. The third-order valence-electron chi connectivity index (χ3n) is 2.72. The topological polar surface area (TPSA) is 64.0 Å². The van der Waals surface area contributed by atoms with Gasteiger partial charge in [-0.2, -0.15) is 0 Å². The summed E-state index contributed by atoms with van der Waals surface area (Å²) in [7, 11) is -1.59. The second kappa shape index (κ2) is 5.03. The first-order chi connectivity index (χ1) is 9.19. The Morgan fingerprint density at radius 1 is 1.15 bits per heavy atom. The molecule has 0 saturated carbocycles. The van der Waals surface area contributed by atoms with E-state index in [2.05, 4.69) is 9.71 Å². The fraction of sp³-hybridized carbons (Fsp3) is 0.357. The SMILES string of the molecule is Cn1cncc1-c1ccc(S(=O)(=O)NC(C)(C)C)cc1. The molecule has 2 rings (SSSR count). The van der Waals surface area contributed by atoms with Crippen molar-refractivity contribution in [2.24, 2.45) is 7.05 Å². The van der Waals surface area contributed by atoms with E-state index in [1.54, 1.807) is 36.8 Å². The van der Waals surface area contributed by atoms with E-state index in [-0.39, 0.29) is 4.90 Å². The Bertz CT molecular complexity index is 695. The lowest BCUT2D eigenvalue weighted by Crippen LogP contribution is -2.40. The average molecular weight is 293 g/mol. The van der Waals surface area contributed by atoms with E-state index < -0.39 is 15.6 Å². The lowest BCUT2D eigenvalue weighted by Gasteiger charge is -2.20. The van der Waals surface area contributed by atoms with Crippen molar-refractivity contribution in [3.63, 3.8) is 0 Å². The summed E-state index contributed by atoms with van der Waals surface area (Å²) in [4.78, 5) is 4.31. The predicted molar refractivity (Wildman–Crippen MR) is 78.7 cm³/mol. The van der Waals surface area contributed by atoms with Crippen LogP contribution in [0.25, 0.3) is 11.3 Å². The molecule has 5 nitrogen and oxygen atoms in total. The number of sulfonamides is 1. The Balaban J connectivity index is 2.32. The normalized spacial score (nSPS) is 12.6. The van der Waals surface area contributed by atoms with Crippen LogP contribution in [0.2, 0.25) is 0 Å². The van der Waals surface area contributed by atoms with Gasteiger partial charge in [-0.3, -0.25) is 0 Å². The van der Waals surface area contributed by atoms with E-state index in [0.717, 1.165) is 11.3 Å². The van der Waals surface area contributed by atoms with Crippen LogP contribution in [0.4, 0.5) is 0 Å². The van der Waals surface area contributed by atoms with Gasteiger partial charge < -0.3 is 4.57 Å². The highest BCUT2D eigenvalue weighted by molar-refractivity contribution is 7.89. The lowest BCUT2D eigenvalue weighted by atomic mass is 10.1. The van der Waals surface area contributed by atoms with Gasteiger partial charge >= 0.3 is 0 Å². The molecule has 0 aliphatic rings. The van der Waals surface area contributed by atoms with Crippen molar-refractivity contribution in [3.05, 3.63) is 36.8 Å². The standard InChI is InChI=1S/C14H19N3O2S/c1-14(2,3)16-20(18,19)12-7-5-11(6-8-12)13-9-15-10-17(13)4/h5-10,16H,1-4H3. The monoisotopic (exact) mass is 293 g/mol. The maximum Gasteiger partial charge on any atom is 0.241 e. The number of imidazole rings is 1. The third kappa shape index (κ3) is 3.26. The van der Waals surface area contributed by atoms with Gasteiger partial charge in [0, 0.05) is 12.6 Å². The average Bonchev–Trinajstić information content (AvgIpc) is 2.72. The molecule has 0 saturated heterocycles. The molecule has 0 unspecified atom stereocenters. The summed E-state index contributed by atoms with van der Waals surface area (Å²) in [5.41, 5.74) is 1.37. The van der Waals surface area contributed by atoms with Crippen LogP contribution in [0.15, 0.2) is 41.7 Å². The number of benzene rings is 1. The summed E-state index contributed by atoms with van der Waals surface area (Å²) < 4.78 is 28.9. The lowest BCUT2D eigenvalue weighted by molar-refractivity contribution is 0.491. The summed E-state index contributed by atoms with van der Waals surface area (Å²) in [5, 5.41) is 0. The van der Waals surface area contributed by atoms with Gasteiger partial charge in [-0.25, -0.2) is 18.1 Å². The molecule has 0 radical (unpaired) electrons. The van der Waals surface area contributed by atoms with Crippen LogP contribution in [-0.4, -0.2) is 23.5 Å². The molecule has 0 amide bonds. The summed E-state index contributed by atoms with van der Waals surface area (Å²) in [6.45, 7) is 5.44. The van der Waals surface area contributed by atoms with Gasteiger partial charge in [0.2, 0.25) is 10.0 Å². The number of hydrogen-bond donors (Lipinski definition) is 1. The second-order valence-electron chi connectivity index (χ2n) is 5.77. The van der Waals surface area contributed by atoms with E-state index in [0.29, 0.717) is 0 Å². The maximum atomic E-state index is 12.2. The Hall–Kier alpha value is -1.66. The van der Waals surface area contributed by atoms with E-state index in [1.165, 1.54) is 0 Å². The summed E-state index contributed by atoms with van der Waals surface area (Å²) in [6, 6.07) is 6.79. The van der Waals surface area contributed by atoms with Crippen molar-refractivity contribution in [2.45, 2.75) is 31.2 Å².